The summed E-state index contributed by atoms with van der Waals surface area (Å²) in [5.74, 6) is -0.587. The second kappa shape index (κ2) is 5.26. The molecule has 0 unspecified atom stereocenters. The molecular formula is C12H16ClFN2O2S. The number of nitrogens with zero attached hydrogens (tertiary/aromatic N) is 1. The quantitative estimate of drug-likeness (QED) is 0.869. The molecule has 0 bridgehead atoms. The Morgan fingerprint density at radius 2 is 2.11 bits per heavy atom. The monoisotopic (exact) mass is 306 g/mol. The van der Waals surface area contributed by atoms with Crippen molar-refractivity contribution in [2.75, 3.05) is 19.3 Å². The van der Waals surface area contributed by atoms with Crippen molar-refractivity contribution in [3.05, 3.63) is 23.0 Å². The zero-order chi connectivity index (χ0) is 14.2. The molecule has 1 aliphatic carbocycles. The minimum Gasteiger partial charge on any atom is -0.399 e. The van der Waals surface area contributed by atoms with Crippen LogP contribution in [0.5, 0.6) is 0 Å². The van der Waals surface area contributed by atoms with Gasteiger partial charge in [0.15, 0.2) is 5.82 Å². The molecule has 0 atom stereocenters. The van der Waals surface area contributed by atoms with Crippen LogP contribution in [0.15, 0.2) is 17.0 Å². The highest BCUT2D eigenvalue weighted by Crippen LogP contribution is 2.31. The highest BCUT2D eigenvalue weighted by atomic mass is 35.5. The molecule has 106 valence electrons. The molecule has 1 saturated carbocycles. The van der Waals surface area contributed by atoms with Crippen molar-refractivity contribution in [1.29, 1.82) is 0 Å². The number of hydrogen-bond donors (Lipinski definition) is 1. The molecule has 0 spiro atoms. The van der Waals surface area contributed by atoms with Gasteiger partial charge in [-0.2, -0.15) is 0 Å². The van der Waals surface area contributed by atoms with Gasteiger partial charge in [-0.05, 0) is 30.9 Å². The largest absolute Gasteiger partial charge is 0.399 e. The van der Waals surface area contributed by atoms with Crippen LogP contribution in [0.1, 0.15) is 19.3 Å². The summed E-state index contributed by atoms with van der Waals surface area (Å²) in [4.78, 5) is -0.459. The highest BCUT2D eigenvalue weighted by Gasteiger charge is 2.29. The smallest absolute Gasteiger partial charge is 0.245 e. The van der Waals surface area contributed by atoms with Gasteiger partial charge in [0.1, 0.15) is 4.90 Å². The lowest BCUT2D eigenvalue weighted by Gasteiger charge is -2.29. The molecule has 0 heterocycles. The van der Waals surface area contributed by atoms with E-state index in [4.69, 9.17) is 17.3 Å². The second-order valence-electron chi connectivity index (χ2n) is 4.90. The molecule has 1 aromatic carbocycles. The van der Waals surface area contributed by atoms with Gasteiger partial charge < -0.3 is 5.73 Å². The summed E-state index contributed by atoms with van der Waals surface area (Å²) < 4.78 is 39.7. The maximum atomic E-state index is 13.9. The van der Waals surface area contributed by atoms with E-state index in [0.717, 1.165) is 25.3 Å². The van der Waals surface area contributed by atoms with Crippen molar-refractivity contribution >= 4 is 27.3 Å². The first-order valence-corrected chi connectivity index (χ1v) is 7.85. The van der Waals surface area contributed by atoms with E-state index in [1.54, 1.807) is 0 Å². The van der Waals surface area contributed by atoms with E-state index in [0.29, 0.717) is 12.5 Å². The molecule has 4 nitrogen and oxygen atoms in total. The molecule has 0 radical (unpaired) electrons. The number of sulfonamides is 1. The lowest BCUT2D eigenvalue weighted by molar-refractivity contribution is 0.262. The highest BCUT2D eigenvalue weighted by molar-refractivity contribution is 7.89. The molecule has 2 rings (SSSR count). The van der Waals surface area contributed by atoms with E-state index in [9.17, 15) is 12.8 Å². The molecule has 2 N–H and O–H groups in total. The molecule has 0 amide bonds. The van der Waals surface area contributed by atoms with Crippen LogP contribution < -0.4 is 5.73 Å². The van der Waals surface area contributed by atoms with Crippen LogP contribution in [-0.2, 0) is 10.0 Å². The van der Waals surface area contributed by atoms with Gasteiger partial charge >= 0.3 is 0 Å². The summed E-state index contributed by atoms with van der Waals surface area (Å²) >= 11 is 5.64. The van der Waals surface area contributed by atoms with Crippen LogP contribution in [0.2, 0.25) is 5.02 Å². The summed E-state index contributed by atoms with van der Waals surface area (Å²) in [6.07, 6.45) is 3.15. The molecule has 1 aromatic rings. The Morgan fingerprint density at radius 3 is 2.63 bits per heavy atom. The molecule has 1 aliphatic rings. The van der Waals surface area contributed by atoms with Crippen LogP contribution >= 0.6 is 11.6 Å². The minimum atomic E-state index is -3.89. The molecular weight excluding hydrogens is 291 g/mol. The van der Waals surface area contributed by atoms with E-state index in [1.165, 1.54) is 17.4 Å². The Balaban J connectivity index is 2.32. The predicted molar refractivity (Wildman–Crippen MR) is 73.0 cm³/mol. The summed E-state index contributed by atoms with van der Waals surface area (Å²) in [5, 5.41) is -0.282. The summed E-state index contributed by atoms with van der Waals surface area (Å²) in [7, 11) is -2.44. The van der Waals surface area contributed by atoms with Gasteiger partial charge in [-0.3, -0.25) is 0 Å². The fourth-order valence-electron chi connectivity index (χ4n) is 2.08. The predicted octanol–water partition coefficient (Wildman–Crippen LogP) is 2.48. The lowest BCUT2D eigenvalue weighted by atomic mass is 9.86. The van der Waals surface area contributed by atoms with Crippen LogP contribution in [-0.4, -0.2) is 26.3 Å². The third-order valence-electron chi connectivity index (χ3n) is 3.45. The number of benzene rings is 1. The van der Waals surface area contributed by atoms with Crippen LogP contribution in [0.4, 0.5) is 10.1 Å². The Bertz CT molecular complexity index is 588. The van der Waals surface area contributed by atoms with Crippen molar-refractivity contribution in [1.82, 2.24) is 4.31 Å². The zero-order valence-corrected chi connectivity index (χ0v) is 12.1. The molecule has 7 heteroatoms. The fourth-order valence-corrected chi connectivity index (χ4v) is 3.72. The summed E-state index contributed by atoms with van der Waals surface area (Å²) in [6, 6.07) is 2.30. The van der Waals surface area contributed by atoms with Crippen molar-refractivity contribution in [2.24, 2.45) is 5.92 Å². The number of nitrogen functional groups attached to an aromatic ring is 1. The molecule has 1 fully saturated rings. The molecule has 0 saturated heterocycles. The van der Waals surface area contributed by atoms with E-state index < -0.39 is 20.7 Å². The summed E-state index contributed by atoms with van der Waals surface area (Å²) in [5.41, 5.74) is 5.66. The number of anilines is 1. The number of nitrogens with two attached hydrogens (primary N) is 1. The second-order valence-corrected chi connectivity index (χ2v) is 7.32. The standard InChI is InChI=1S/C12H16ClFN2O2S/c1-16(7-8-3-2-4-8)19(17,18)11-6-9(15)5-10(13)12(11)14/h5-6,8H,2-4,7,15H2,1H3. The lowest BCUT2D eigenvalue weighted by Crippen LogP contribution is -2.34. The topological polar surface area (TPSA) is 63.4 Å². The maximum Gasteiger partial charge on any atom is 0.245 e. The Kier molecular flexibility index (Phi) is 4.03. The first kappa shape index (κ1) is 14.6. The summed E-state index contributed by atoms with van der Waals surface area (Å²) in [6.45, 7) is 0.397. The third kappa shape index (κ3) is 2.85. The first-order valence-electron chi connectivity index (χ1n) is 6.03. The SMILES string of the molecule is CN(CC1CCC1)S(=O)(=O)c1cc(N)cc(Cl)c1F. The van der Waals surface area contributed by atoms with Gasteiger partial charge in [-0.1, -0.05) is 18.0 Å². The third-order valence-corrected chi connectivity index (χ3v) is 5.54. The molecule has 0 aliphatic heterocycles. The Morgan fingerprint density at radius 1 is 1.47 bits per heavy atom. The van der Waals surface area contributed by atoms with Crippen molar-refractivity contribution in [3.63, 3.8) is 0 Å². The molecule has 19 heavy (non-hydrogen) atoms. The van der Waals surface area contributed by atoms with Crippen molar-refractivity contribution in [2.45, 2.75) is 24.2 Å². The first-order chi connectivity index (χ1) is 8.82. The van der Waals surface area contributed by atoms with E-state index in [-0.39, 0.29) is 10.7 Å². The van der Waals surface area contributed by atoms with Gasteiger partial charge in [0.25, 0.3) is 0 Å². The molecule has 0 aromatic heterocycles. The van der Waals surface area contributed by atoms with Crippen molar-refractivity contribution in [3.8, 4) is 0 Å². The van der Waals surface area contributed by atoms with Gasteiger partial charge in [0.2, 0.25) is 10.0 Å². The van der Waals surface area contributed by atoms with Crippen LogP contribution in [0, 0.1) is 11.7 Å². The average molecular weight is 307 g/mol. The Hall–Kier alpha value is -0.850. The van der Waals surface area contributed by atoms with E-state index in [1.807, 2.05) is 0 Å². The average Bonchev–Trinajstić information content (AvgIpc) is 2.27. The van der Waals surface area contributed by atoms with Crippen LogP contribution in [0.3, 0.4) is 0 Å². The normalized spacial score (nSPS) is 16.6. The Labute approximate surface area is 117 Å². The fraction of sp³-hybridized carbons (Fsp3) is 0.500. The van der Waals surface area contributed by atoms with Gasteiger partial charge in [0.05, 0.1) is 5.02 Å². The minimum absolute atomic E-state index is 0.127. The number of halogens is 2. The maximum absolute atomic E-state index is 13.9. The van der Waals surface area contributed by atoms with Crippen LogP contribution in [0.25, 0.3) is 0 Å². The van der Waals surface area contributed by atoms with Gasteiger partial charge in [0, 0.05) is 19.3 Å². The van der Waals surface area contributed by atoms with Crippen molar-refractivity contribution < 1.29 is 12.8 Å². The van der Waals surface area contributed by atoms with E-state index >= 15 is 0 Å². The van der Waals surface area contributed by atoms with Gasteiger partial charge in [-0.15, -0.1) is 0 Å². The number of rotatable bonds is 4. The van der Waals surface area contributed by atoms with Gasteiger partial charge in [-0.25, -0.2) is 17.1 Å². The number of hydrogen-bond acceptors (Lipinski definition) is 3. The zero-order valence-electron chi connectivity index (χ0n) is 10.6. The van der Waals surface area contributed by atoms with E-state index in [2.05, 4.69) is 0 Å².